The SMILES string of the molecule is CC(F)(F)CN[C@H]1CC[C@H](N)CC1. The normalized spacial score (nSPS) is 30.5. The van der Waals surface area contributed by atoms with Gasteiger partial charge in [-0.25, -0.2) is 8.78 Å². The second-order valence-corrected chi connectivity index (χ2v) is 4.06. The second-order valence-electron chi connectivity index (χ2n) is 4.06. The van der Waals surface area contributed by atoms with Gasteiger partial charge in [-0.2, -0.15) is 0 Å². The Morgan fingerprint density at radius 2 is 1.85 bits per heavy atom. The Bertz CT molecular complexity index is 148. The van der Waals surface area contributed by atoms with E-state index in [1.54, 1.807) is 0 Å². The Labute approximate surface area is 77.9 Å². The summed E-state index contributed by atoms with van der Waals surface area (Å²) in [7, 11) is 0. The van der Waals surface area contributed by atoms with Crippen LogP contribution in [0.5, 0.6) is 0 Å². The number of hydrogen-bond donors (Lipinski definition) is 2. The Balaban J connectivity index is 2.16. The lowest BCUT2D eigenvalue weighted by molar-refractivity contribution is 0.0185. The maximum atomic E-state index is 12.5. The molecular formula is C9H18F2N2. The predicted molar refractivity (Wildman–Crippen MR) is 48.9 cm³/mol. The van der Waals surface area contributed by atoms with Crippen molar-refractivity contribution in [3.63, 3.8) is 0 Å². The van der Waals surface area contributed by atoms with E-state index < -0.39 is 5.92 Å². The molecule has 0 heterocycles. The van der Waals surface area contributed by atoms with Crippen LogP contribution in [0.15, 0.2) is 0 Å². The lowest BCUT2D eigenvalue weighted by Gasteiger charge is -2.27. The van der Waals surface area contributed by atoms with Crippen molar-refractivity contribution < 1.29 is 8.78 Å². The number of halogens is 2. The van der Waals surface area contributed by atoms with E-state index in [9.17, 15) is 8.78 Å². The lowest BCUT2D eigenvalue weighted by atomic mass is 9.92. The van der Waals surface area contributed by atoms with Crippen molar-refractivity contribution in [1.29, 1.82) is 0 Å². The van der Waals surface area contributed by atoms with Gasteiger partial charge in [-0.3, -0.25) is 0 Å². The van der Waals surface area contributed by atoms with Crippen molar-refractivity contribution in [3.8, 4) is 0 Å². The summed E-state index contributed by atoms with van der Waals surface area (Å²) in [4.78, 5) is 0. The molecule has 13 heavy (non-hydrogen) atoms. The largest absolute Gasteiger partial charge is 0.328 e. The minimum absolute atomic E-state index is 0.215. The topological polar surface area (TPSA) is 38.0 Å². The molecule has 0 radical (unpaired) electrons. The van der Waals surface area contributed by atoms with Crippen molar-refractivity contribution in [2.45, 2.75) is 50.6 Å². The molecule has 0 aliphatic heterocycles. The zero-order chi connectivity index (χ0) is 9.90. The third-order valence-electron chi connectivity index (χ3n) is 2.47. The molecule has 2 nitrogen and oxygen atoms in total. The smallest absolute Gasteiger partial charge is 0.257 e. The highest BCUT2D eigenvalue weighted by molar-refractivity contribution is 4.80. The van der Waals surface area contributed by atoms with Crippen LogP contribution in [0, 0.1) is 0 Å². The van der Waals surface area contributed by atoms with Gasteiger partial charge in [0.2, 0.25) is 0 Å². The first kappa shape index (κ1) is 10.9. The van der Waals surface area contributed by atoms with Crippen LogP contribution < -0.4 is 11.1 Å². The van der Waals surface area contributed by atoms with E-state index in [2.05, 4.69) is 5.32 Å². The predicted octanol–water partition coefficient (Wildman–Crippen LogP) is 1.50. The fourth-order valence-electron chi connectivity index (χ4n) is 1.65. The van der Waals surface area contributed by atoms with Crippen LogP contribution in [0.3, 0.4) is 0 Å². The highest BCUT2D eigenvalue weighted by Crippen LogP contribution is 2.18. The first-order valence-corrected chi connectivity index (χ1v) is 4.84. The summed E-state index contributed by atoms with van der Waals surface area (Å²) in [5.74, 6) is -2.60. The highest BCUT2D eigenvalue weighted by atomic mass is 19.3. The molecular weight excluding hydrogens is 174 g/mol. The molecule has 0 aromatic heterocycles. The van der Waals surface area contributed by atoms with Gasteiger partial charge in [-0.15, -0.1) is 0 Å². The summed E-state index contributed by atoms with van der Waals surface area (Å²) in [6.45, 7) is 0.724. The molecule has 1 rings (SSSR count). The first-order chi connectivity index (χ1) is 5.97. The minimum atomic E-state index is -2.60. The van der Waals surface area contributed by atoms with Gasteiger partial charge in [0.25, 0.3) is 5.92 Å². The van der Waals surface area contributed by atoms with Crippen LogP contribution in [-0.2, 0) is 0 Å². The number of nitrogens with one attached hydrogen (secondary N) is 1. The van der Waals surface area contributed by atoms with E-state index >= 15 is 0 Å². The molecule has 0 amide bonds. The molecule has 0 bridgehead atoms. The van der Waals surface area contributed by atoms with Crippen LogP contribution in [0.4, 0.5) is 8.78 Å². The maximum Gasteiger partial charge on any atom is 0.257 e. The van der Waals surface area contributed by atoms with Gasteiger partial charge in [0, 0.05) is 19.0 Å². The van der Waals surface area contributed by atoms with Gasteiger partial charge >= 0.3 is 0 Å². The summed E-state index contributed by atoms with van der Waals surface area (Å²) >= 11 is 0. The molecule has 0 unspecified atom stereocenters. The van der Waals surface area contributed by atoms with Crippen molar-refractivity contribution in [2.24, 2.45) is 5.73 Å². The van der Waals surface area contributed by atoms with Crippen LogP contribution in [0.1, 0.15) is 32.6 Å². The van der Waals surface area contributed by atoms with E-state index in [1.807, 2.05) is 0 Å². The fraction of sp³-hybridized carbons (Fsp3) is 1.00. The Hall–Kier alpha value is -0.220. The quantitative estimate of drug-likeness (QED) is 0.711. The van der Waals surface area contributed by atoms with Gasteiger partial charge in [0.1, 0.15) is 0 Å². The molecule has 0 atom stereocenters. The highest BCUT2D eigenvalue weighted by Gasteiger charge is 2.24. The van der Waals surface area contributed by atoms with E-state index in [0.717, 1.165) is 32.6 Å². The standard InChI is InChI=1S/C9H18F2N2/c1-9(10,11)6-13-8-4-2-7(12)3-5-8/h7-8,13H,2-6,12H2,1H3/t7-,8-. The van der Waals surface area contributed by atoms with Crippen molar-refractivity contribution in [2.75, 3.05) is 6.54 Å². The summed E-state index contributed by atoms with van der Waals surface area (Å²) < 4.78 is 24.9. The van der Waals surface area contributed by atoms with Crippen LogP contribution in [-0.4, -0.2) is 24.6 Å². The van der Waals surface area contributed by atoms with Crippen molar-refractivity contribution in [1.82, 2.24) is 5.32 Å². The molecule has 1 saturated carbocycles. The number of rotatable bonds is 3. The van der Waals surface area contributed by atoms with E-state index in [4.69, 9.17) is 5.73 Å². The molecule has 3 N–H and O–H groups in total. The van der Waals surface area contributed by atoms with Crippen molar-refractivity contribution in [3.05, 3.63) is 0 Å². The monoisotopic (exact) mass is 192 g/mol. The Kier molecular flexibility index (Phi) is 3.62. The van der Waals surface area contributed by atoms with Gasteiger partial charge < -0.3 is 11.1 Å². The second kappa shape index (κ2) is 4.33. The minimum Gasteiger partial charge on any atom is -0.328 e. The zero-order valence-corrected chi connectivity index (χ0v) is 8.02. The summed E-state index contributed by atoms with van der Waals surface area (Å²) in [6.07, 6.45) is 3.76. The van der Waals surface area contributed by atoms with Crippen molar-refractivity contribution >= 4 is 0 Å². The van der Waals surface area contributed by atoms with Gasteiger partial charge in [0.05, 0.1) is 6.54 Å². The molecule has 0 aromatic rings. The molecule has 4 heteroatoms. The molecule has 1 aliphatic carbocycles. The maximum absolute atomic E-state index is 12.5. The van der Waals surface area contributed by atoms with E-state index in [-0.39, 0.29) is 18.6 Å². The van der Waals surface area contributed by atoms with Gasteiger partial charge in [-0.1, -0.05) is 0 Å². The summed E-state index contributed by atoms with van der Waals surface area (Å²) in [5.41, 5.74) is 5.70. The summed E-state index contributed by atoms with van der Waals surface area (Å²) in [6, 6.07) is 0.519. The molecule has 0 aromatic carbocycles. The number of alkyl halides is 2. The molecule has 0 saturated heterocycles. The third-order valence-corrected chi connectivity index (χ3v) is 2.47. The number of nitrogens with two attached hydrogens (primary N) is 1. The molecule has 1 fully saturated rings. The fourth-order valence-corrected chi connectivity index (χ4v) is 1.65. The lowest BCUT2D eigenvalue weighted by Crippen LogP contribution is -2.41. The average Bonchev–Trinajstić information content (AvgIpc) is 2.02. The van der Waals surface area contributed by atoms with Crippen LogP contribution >= 0.6 is 0 Å². The average molecular weight is 192 g/mol. The Morgan fingerprint density at radius 3 is 2.31 bits per heavy atom. The molecule has 78 valence electrons. The Morgan fingerprint density at radius 1 is 1.31 bits per heavy atom. The molecule has 0 spiro atoms. The van der Waals surface area contributed by atoms with Crippen LogP contribution in [0.2, 0.25) is 0 Å². The van der Waals surface area contributed by atoms with Crippen LogP contribution in [0.25, 0.3) is 0 Å². The third kappa shape index (κ3) is 4.52. The van der Waals surface area contributed by atoms with Gasteiger partial charge in [-0.05, 0) is 25.7 Å². The first-order valence-electron chi connectivity index (χ1n) is 4.84. The van der Waals surface area contributed by atoms with Gasteiger partial charge in [0.15, 0.2) is 0 Å². The van der Waals surface area contributed by atoms with E-state index in [1.165, 1.54) is 0 Å². The summed E-state index contributed by atoms with van der Waals surface area (Å²) in [5, 5.41) is 2.88. The zero-order valence-electron chi connectivity index (χ0n) is 8.02. The van der Waals surface area contributed by atoms with E-state index in [0.29, 0.717) is 0 Å². The molecule has 1 aliphatic rings. The number of hydrogen-bond acceptors (Lipinski definition) is 2.